The lowest BCUT2D eigenvalue weighted by atomic mass is 9.57. The second kappa shape index (κ2) is 23.4. The summed E-state index contributed by atoms with van der Waals surface area (Å²) in [5.41, 5.74) is 20.6. The fourth-order valence-corrected chi connectivity index (χ4v) is 16.1. The van der Waals surface area contributed by atoms with Gasteiger partial charge in [-0.1, -0.05) is 342 Å². The molecule has 0 heterocycles. The number of hydrogen-bond acceptors (Lipinski definition) is 0. The van der Waals surface area contributed by atoms with Gasteiger partial charge in [0.05, 0.1) is 0 Å². The predicted octanol–water partition coefficient (Wildman–Crippen LogP) is 26.7. The van der Waals surface area contributed by atoms with Crippen molar-refractivity contribution in [3.8, 4) is 11.1 Å². The van der Waals surface area contributed by atoms with Crippen LogP contribution in [0.25, 0.3) is 33.4 Å². The van der Waals surface area contributed by atoms with E-state index in [1.807, 2.05) is 0 Å². The van der Waals surface area contributed by atoms with Crippen molar-refractivity contribution in [1.82, 2.24) is 0 Å². The summed E-state index contributed by atoms with van der Waals surface area (Å²) in [7, 11) is 0. The highest BCUT2D eigenvalue weighted by Crippen LogP contribution is 2.61. The van der Waals surface area contributed by atoms with Crippen molar-refractivity contribution in [3.63, 3.8) is 0 Å². The Kier molecular flexibility index (Phi) is 19.3. The van der Waals surface area contributed by atoms with Crippen LogP contribution in [0.5, 0.6) is 0 Å². The Hall–Kier alpha value is -3.64. The van der Waals surface area contributed by atoms with Crippen molar-refractivity contribution in [1.29, 1.82) is 0 Å². The van der Waals surface area contributed by atoms with E-state index in [1.54, 1.807) is 22.3 Å². The van der Waals surface area contributed by atoms with Crippen molar-refractivity contribution in [2.24, 2.45) is 88.7 Å². The Morgan fingerprint density at radius 3 is 0.643 bits per heavy atom. The van der Waals surface area contributed by atoms with Crippen molar-refractivity contribution in [3.05, 3.63) is 130 Å². The van der Waals surface area contributed by atoms with Gasteiger partial charge in [0.1, 0.15) is 0 Å². The van der Waals surface area contributed by atoms with Gasteiger partial charge in [-0.15, -0.1) is 0 Å². The number of allylic oxidation sites excluding steroid dienone is 16. The maximum atomic E-state index is 2.78. The van der Waals surface area contributed by atoms with E-state index in [0.717, 1.165) is 51.4 Å². The van der Waals surface area contributed by atoms with Crippen molar-refractivity contribution >= 4 is 22.3 Å². The summed E-state index contributed by atoms with van der Waals surface area (Å²) in [6.45, 7) is 79.5. The monoisotopic (exact) mass is 1140 g/mol. The molecule has 0 nitrogen and oxygen atoms in total. The molecule has 4 atom stereocenters. The Bertz CT molecular complexity index is 2820. The van der Waals surface area contributed by atoms with Gasteiger partial charge >= 0.3 is 0 Å². The summed E-state index contributed by atoms with van der Waals surface area (Å²) in [4.78, 5) is 0. The van der Waals surface area contributed by atoms with E-state index in [4.69, 9.17) is 0 Å². The molecular formula is C84H130. The van der Waals surface area contributed by atoms with E-state index in [2.05, 4.69) is 307 Å². The topological polar surface area (TPSA) is 0 Å². The van der Waals surface area contributed by atoms with Crippen LogP contribution in [-0.4, -0.2) is 0 Å². The highest BCUT2D eigenvalue weighted by atomic mass is 14.5. The molecule has 0 radical (unpaired) electrons. The molecule has 0 heteroatoms. The normalized spacial score (nSPS) is 23.4. The van der Waals surface area contributed by atoms with Crippen molar-refractivity contribution < 1.29 is 0 Å². The van der Waals surface area contributed by atoms with E-state index in [1.165, 1.54) is 55.7 Å². The average Bonchev–Trinajstić information content (AvgIpc) is 0.814. The molecule has 0 N–H and O–H groups in total. The molecule has 0 fully saturated rings. The number of rotatable bonds is 21. The third-order valence-corrected chi connectivity index (χ3v) is 24.6. The van der Waals surface area contributed by atoms with Gasteiger partial charge in [0.25, 0.3) is 0 Å². The summed E-state index contributed by atoms with van der Waals surface area (Å²) >= 11 is 0. The molecule has 466 valence electrons. The lowest BCUT2D eigenvalue weighted by Gasteiger charge is -2.47. The van der Waals surface area contributed by atoms with Crippen LogP contribution in [-0.2, 0) is 0 Å². The van der Waals surface area contributed by atoms with Gasteiger partial charge in [-0.3, -0.25) is 0 Å². The van der Waals surface area contributed by atoms with E-state index in [0.29, 0.717) is 0 Å². The SMILES string of the molecule is CCC(C)(C)C1=CC(C(C)(C)CC)C(c2ccc(-c3ccc(C4=CC(C)(C)C(C(C)(C)CC)=CC4C(C)(C)CC)c(C4=CC(C)(C)C(C(C)(C)CC)=CC4C(C)(C)CC)c3)cc2C2=CC(C)(C)C(C(C)(C)CC)=CC2C(C)(C)CC)=CC1(C)C. The average molecular weight is 1140 g/mol. The van der Waals surface area contributed by atoms with Crippen LogP contribution in [0.3, 0.4) is 0 Å². The molecule has 2 aromatic carbocycles. The van der Waals surface area contributed by atoms with E-state index >= 15 is 0 Å². The molecule has 4 aliphatic rings. The lowest BCUT2D eigenvalue weighted by molar-refractivity contribution is 0.273. The molecule has 2 aromatic rings. The Morgan fingerprint density at radius 2 is 0.464 bits per heavy atom. The Balaban J connectivity index is 1.83. The predicted molar refractivity (Wildman–Crippen MR) is 378 cm³/mol. The van der Waals surface area contributed by atoms with Gasteiger partial charge in [0, 0.05) is 45.3 Å². The van der Waals surface area contributed by atoms with Crippen molar-refractivity contribution in [2.75, 3.05) is 0 Å². The molecule has 0 aromatic heterocycles. The summed E-state index contributed by atoms with van der Waals surface area (Å²) in [5, 5.41) is 0. The molecule has 0 spiro atoms. The van der Waals surface area contributed by atoms with E-state index in [9.17, 15) is 0 Å². The second-order valence-corrected chi connectivity index (χ2v) is 35.4. The quantitative estimate of drug-likeness (QED) is 0.109. The Labute approximate surface area is 521 Å². The summed E-state index contributed by atoms with van der Waals surface area (Å²) in [6.07, 6.45) is 30.9. The van der Waals surface area contributed by atoms with Crippen LogP contribution in [0.2, 0.25) is 0 Å². The number of benzene rings is 2. The molecule has 0 bridgehead atoms. The highest BCUT2D eigenvalue weighted by Gasteiger charge is 2.48. The second-order valence-electron chi connectivity index (χ2n) is 35.4. The maximum absolute atomic E-state index is 2.78. The smallest absolute Gasteiger partial charge is 0.00756 e. The number of hydrogen-bond donors (Lipinski definition) is 0. The van der Waals surface area contributed by atoms with Gasteiger partial charge < -0.3 is 0 Å². The summed E-state index contributed by atoms with van der Waals surface area (Å²) < 4.78 is 0. The molecule has 0 aliphatic heterocycles. The molecule has 0 amide bonds. The van der Waals surface area contributed by atoms with Crippen molar-refractivity contribution in [2.45, 2.75) is 273 Å². The highest BCUT2D eigenvalue weighted by molar-refractivity contribution is 5.91. The minimum Gasteiger partial charge on any atom is -0.0759 e. The third-order valence-electron chi connectivity index (χ3n) is 24.6. The largest absolute Gasteiger partial charge is 0.0759 e. The van der Waals surface area contributed by atoms with Gasteiger partial charge in [-0.25, -0.2) is 0 Å². The first kappa shape index (κ1) is 69.5. The van der Waals surface area contributed by atoms with Gasteiger partial charge in [0.2, 0.25) is 0 Å². The Morgan fingerprint density at radius 1 is 0.274 bits per heavy atom. The minimum atomic E-state index is -0.136. The molecule has 6 rings (SSSR count). The fourth-order valence-electron chi connectivity index (χ4n) is 16.1. The molecule has 0 saturated carbocycles. The van der Waals surface area contributed by atoms with Crippen LogP contribution in [0.4, 0.5) is 0 Å². The molecule has 4 aliphatic carbocycles. The third kappa shape index (κ3) is 12.9. The van der Waals surface area contributed by atoms with Crippen LogP contribution in [0.15, 0.2) is 107 Å². The standard InChI is InChI=1S/C84H130/c1-33-73(9,10)65-47-69(77(17,18)37-5)81(25,26)51-61(65)57-43-41-55(45-59(57)63-53-83(29,30)71(79(21,22)39-7)49-67(63)75(13,14)35-3)56-42-44-58(62-52-82(27,28)70(78(19,20)38-6)48-66(62)74(11,12)34-2)60(46-56)64-54-84(31,32)72(80(23,24)40-8)50-68(64)76(15,16)36-4/h41-54,65-68H,33-40H2,1-32H3. The molecule has 0 saturated heterocycles. The van der Waals surface area contributed by atoms with Crippen LogP contribution < -0.4 is 0 Å². The minimum absolute atomic E-state index is 0.0189. The zero-order valence-corrected chi connectivity index (χ0v) is 61.0. The zero-order chi connectivity index (χ0) is 63.9. The van der Waals surface area contributed by atoms with Crippen LogP contribution in [0, 0.1) is 88.7 Å². The molecule has 4 unspecified atom stereocenters. The van der Waals surface area contributed by atoms with Gasteiger partial charge in [-0.2, -0.15) is 0 Å². The van der Waals surface area contributed by atoms with Crippen LogP contribution in [0.1, 0.15) is 295 Å². The van der Waals surface area contributed by atoms with Gasteiger partial charge in [0.15, 0.2) is 0 Å². The molecular weight excluding hydrogens is 1010 g/mol. The van der Waals surface area contributed by atoms with Gasteiger partial charge in [-0.05, 0) is 137 Å². The van der Waals surface area contributed by atoms with Crippen LogP contribution >= 0.6 is 0 Å². The maximum Gasteiger partial charge on any atom is 0.00756 e. The first-order valence-electron chi connectivity index (χ1n) is 34.3. The first-order chi connectivity index (χ1) is 38.2. The van der Waals surface area contributed by atoms with E-state index in [-0.39, 0.29) is 88.7 Å². The zero-order valence-electron chi connectivity index (χ0n) is 61.0. The summed E-state index contributed by atoms with van der Waals surface area (Å²) in [5.74, 6) is 0.987. The first-order valence-corrected chi connectivity index (χ1v) is 34.3. The van der Waals surface area contributed by atoms with E-state index < -0.39 is 0 Å². The lowest BCUT2D eigenvalue weighted by Crippen LogP contribution is -2.35. The molecule has 84 heavy (non-hydrogen) atoms. The fraction of sp³-hybridized carbons (Fsp3) is 0.667. The summed E-state index contributed by atoms with van der Waals surface area (Å²) in [6, 6.07) is 15.7.